The van der Waals surface area contributed by atoms with Gasteiger partial charge in [-0.05, 0) is 52.8 Å². The standard InChI is InChI=1S/C19H27N5OS/c1-13(2)15-8-10-16(11-9-15)24-19(21-22-23-24)26-12-18(25)20-17-7-5-4-6-14(17)3/h8-11,13-14,17H,4-7,12H2,1-3H3,(H,20,25)/t14-,17-/m1/s1. The SMILES string of the molecule is CC(C)c1ccc(-n2nnnc2SCC(=O)N[C@@H]2CCCC[C@H]2C)cc1. The van der Waals surface area contributed by atoms with E-state index in [2.05, 4.69) is 53.7 Å². The van der Waals surface area contributed by atoms with Gasteiger partial charge in [-0.25, -0.2) is 0 Å². The van der Waals surface area contributed by atoms with E-state index in [0.717, 1.165) is 12.1 Å². The number of thioether (sulfide) groups is 1. The molecule has 1 aromatic carbocycles. The highest BCUT2D eigenvalue weighted by molar-refractivity contribution is 7.99. The van der Waals surface area contributed by atoms with Gasteiger partial charge in [-0.2, -0.15) is 4.68 Å². The maximum Gasteiger partial charge on any atom is 0.230 e. The second-order valence-electron chi connectivity index (χ2n) is 7.34. The Hall–Kier alpha value is -1.89. The summed E-state index contributed by atoms with van der Waals surface area (Å²) in [6.45, 7) is 6.55. The van der Waals surface area contributed by atoms with Crippen LogP contribution in [-0.2, 0) is 4.79 Å². The zero-order chi connectivity index (χ0) is 18.5. The van der Waals surface area contributed by atoms with Gasteiger partial charge in [-0.15, -0.1) is 5.10 Å². The lowest BCUT2D eigenvalue weighted by Gasteiger charge is -2.29. The van der Waals surface area contributed by atoms with Gasteiger partial charge < -0.3 is 5.32 Å². The van der Waals surface area contributed by atoms with Crippen LogP contribution in [0.1, 0.15) is 57.9 Å². The van der Waals surface area contributed by atoms with Crippen molar-refractivity contribution in [1.29, 1.82) is 0 Å². The largest absolute Gasteiger partial charge is 0.352 e. The van der Waals surface area contributed by atoms with Gasteiger partial charge in [0.2, 0.25) is 11.1 Å². The molecule has 2 atom stereocenters. The number of nitrogens with zero attached hydrogens (tertiary/aromatic N) is 4. The van der Waals surface area contributed by atoms with Crippen LogP contribution in [0.5, 0.6) is 0 Å². The summed E-state index contributed by atoms with van der Waals surface area (Å²) >= 11 is 1.37. The van der Waals surface area contributed by atoms with E-state index in [0.29, 0.717) is 28.8 Å². The van der Waals surface area contributed by atoms with Gasteiger partial charge in [0.15, 0.2) is 0 Å². The van der Waals surface area contributed by atoms with Gasteiger partial charge in [-0.1, -0.05) is 57.5 Å². The zero-order valence-corrected chi connectivity index (χ0v) is 16.5. The number of tetrazole rings is 1. The molecule has 7 heteroatoms. The molecule has 2 aromatic rings. The summed E-state index contributed by atoms with van der Waals surface area (Å²) in [5, 5.41) is 15.7. The van der Waals surface area contributed by atoms with Crippen LogP contribution in [0.2, 0.25) is 0 Å². The molecule has 0 aliphatic heterocycles. The minimum Gasteiger partial charge on any atom is -0.352 e. The number of benzene rings is 1. The molecule has 1 aliphatic rings. The number of rotatable bonds is 6. The Bertz CT molecular complexity index is 728. The second-order valence-corrected chi connectivity index (χ2v) is 8.29. The molecule has 0 spiro atoms. The summed E-state index contributed by atoms with van der Waals surface area (Å²) < 4.78 is 1.69. The van der Waals surface area contributed by atoms with Crippen molar-refractivity contribution in [2.24, 2.45) is 5.92 Å². The van der Waals surface area contributed by atoms with Crippen LogP contribution in [0, 0.1) is 5.92 Å². The Balaban J connectivity index is 1.59. The fourth-order valence-electron chi connectivity index (χ4n) is 3.34. The summed E-state index contributed by atoms with van der Waals surface area (Å²) in [4.78, 5) is 12.3. The molecule has 6 nitrogen and oxygen atoms in total. The fourth-order valence-corrected chi connectivity index (χ4v) is 4.04. The van der Waals surface area contributed by atoms with Crippen LogP contribution in [0.4, 0.5) is 0 Å². The van der Waals surface area contributed by atoms with E-state index in [1.165, 1.54) is 36.6 Å². The van der Waals surface area contributed by atoms with Crippen molar-refractivity contribution in [2.75, 3.05) is 5.75 Å². The van der Waals surface area contributed by atoms with E-state index in [1.54, 1.807) is 4.68 Å². The first-order chi connectivity index (χ1) is 12.5. The maximum absolute atomic E-state index is 12.3. The van der Waals surface area contributed by atoms with E-state index in [-0.39, 0.29) is 5.91 Å². The van der Waals surface area contributed by atoms with Crippen LogP contribution < -0.4 is 5.32 Å². The molecule has 1 aliphatic carbocycles. The molecule has 0 radical (unpaired) electrons. The number of nitrogens with one attached hydrogen (secondary N) is 1. The maximum atomic E-state index is 12.3. The van der Waals surface area contributed by atoms with Gasteiger partial charge in [0, 0.05) is 6.04 Å². The molecular formula is C19H27N5OS. The van der Waals surface area contributed by atoms with Crippen molar-refractivity contribution in [2.45, 2.75) is 63.6 Å². The van der Waals surface area contributed by atoms with Crippen LogP contribution in [-0.4, -0.2) is 37.9 Å². The number of aromatic nitrogens is 4. The third kappa shape index (κ3) is 4.63. The quantitative estimate of drug-likeness (QED) is 0.784. The highest BCUT2D eigenvalue weighted by atomic mass is 32.2. The molecule has 1 heterocycles. The molecule has 1 N–H and O–H groups in total. The van der Waals surface area contributed by atoms with Gasteiger partial charge >= 0.3 is 0 Å². The summed E-state index contributed by atoms with van der Waals surface area (Å²) in [6, 6.07) is 8.51. The average Bonchev–Trinajstić information content (AvgIpc) is 3.10. The van der Waals surface area contributed by atoms with Crippen LogP contribution in [0.15, 0.2) is 29.4 Å². The Kier molecular flexibility index (Phi) is 6.29. The molecule has 1 amide bonds. The number of carbonyl (C=O) groups is 1. The number of hydrogen-bond donors (Lipinski definition) is 1. The third-order valence-electron chi connectivity index (χ3n) is 5.04. The predicted molar refractivity (Wildman–Crippen MR) is 104 cm³/mol. The normalized spacial score (nSPS) is 20.3. The van der Waals surface area contributed by atoms with Gasteiger partial charge in [0.1, 0.15) is 0 Å². The molecule has 0 bridgehead atoms. The topological polar surface area (TPSA) is 72.7 Å². The van der Waals surface area contributed by atoms with Crippen molar-refractivity contribution >= 4 is 17.7 Å². The van der Waals surface area contributed by atoms with E-state index in [1.807, 2.05) is 12.1 Å². The first-order valence-electron chi connectivity index (χ1n) is 9.35. The monoisotopic (exact) mass is 373 g/mol. The van der Waals surface area contributed by atoms with Crippen LogP contribution in [0.25, 0.3) is 5.69 Å². The number of carbonyl (C=O) groups excluding carboxylic acids is 1. The summed E-state index contributed by atoms with van der Waals surface area (Å²) in [5.74, 6) is 1.42. The molecule has 3 rings (SSSR count). The Labute approximate surface area is 159 Å². The molecule has 0 unspecified atom stereocenters. The van der Waals surface area contributed by atoms with Crippen molar-refractivity contribution < 1.29 is 4.79 Å². The minimum absolute atomic E-state index is 0.0541. The first-order valence-corrected chi connectivity index (χ1v) is 10.3. The Morgan fingerprint density at radius 2 is 2.00 bits per heavy atom. The molecule has 140 valence electrons. The van der Waals surface area contributed by atoms with Crippen LogP contribution >= 0.6 is 11.8 Å². The average molecular weight is 374 g/mol. The van der Waals surface area contributed by atoms with Crippen molar-refractivity contribution in [1.82, 2.24) is 25.5 Å². The van der Waals surface area contributed by atoms with Crippen LogP contribution in [0.3, 0.4) is 0 Å². The highest BCUT2D eigenvalue weighted by Crippen LogP contribution is 2.24. The first kappa shape index (κ1) is 18.9. The molecule has 26 heavy (non-hydrogen) atoms. The van der Waals surface area contributed by atoms with Crippen molar-refractivity contribution in [3.63, 3.8) is 0 Å². The fraction of sp³-hybridized carbons (Fsp3) is 0.579. The molecular weight excluding hydrogens is 346 g/mol. The second kappa shape index (κ2) is 8.66. The number of amides is 1. The third-order valence-corrected chi connectivity index (χ3v) is 5.95. The highest BCUT2D eigenvalue weighted by Gasteiger charge is 2.23. The zero-order valence-electron chi connectivity index (χ0n) is 15.7. The van der Waals surface area contributed by atoms with Gasteiger partial charge in [-0.3, -0.25) is 4.79 Å². The van der Waals surface area contributed by atoms with E-state index >= 15 is 0 Å². The Morgan fingerprint density at radius 1 is 1.27 bits per heavy atom. The lowest BCUT2D eigenvalue weighted by molar-refractivity contribution is -0.119. The van der Waals surface area contributed by atoms with E-state index < -0.39 is 0 Å². The van der Waals surface area contributed by atoms with Gasteiger partial charge in [0.25, 0.3) is 0 Å². The molecule has 1 fully saturated rings. The smallest absolute Gasteiger partial charge is 0.230 e. The van der Waals surface area contributed by atoms with Crippen molar-refractivity contribution in [3.8, 4) is 5.69 Å². The molecule has 1 saturated carbocycles. The summed E-state index contributed by atoms with van der Waals surface area (Å²) in [6.07, 6.45) is 4.75. The summed E-state index contributed by atoms with van der Waals surface area (Å²) in [5.41, 5.74) is 2.18. The summed E-state index contributed by atoms with van der Waals surface area (Å²) in [7, 11) is 0. The van der Waals surface area contributed by atoms with E-state index in [4.69, 9.17) is 0 Å². The Morgan fingerprint density at radius 3 is 2.69 bits per heavy atom. The lowest BCUT2D eigenvalue weighted by atomic mass is 9.86. The van der Waals surface area contributed by atoms with Gasteiger partial charge in [0.05, 0.1) is 11.4 Å². The lowest BCUT2D eigenvalue weighted by Crippen LogP contribution is -2.41. The number of hydrogen-bond acceptors (Lipinski definition) is 5. The van der Waals surface area contributed by atoms with Crippen molar-refractivity contribution in [3.05, 3.63) is 29.8 Å². The van der Waals surface area contributed by atoms with E-state index in [9.17, 15) is 4.79 Å². The molecule has 0 saturated heterocycles. The molecule has 1 aromatic heterocycles. The minimum atomic E-state index is 0.0541. The predicted octanol–water partition coefficient (Wildman–Crippen LogP) is 3.57.